The molecule has 2 aromatic carbocycles. The van der Waals surface area contributed by atoms with Crippen LogP contribution in [0.1, 0.15) is 50.6 Å². The van der Waals surface area contributed by atoms with Gasteiger partial charge in [0.05, 0.1) is 30.4 Å². The van der Waals surface area contributed by atoms with E-state index in [-0.39, 0.29) is 36.3 Å². The highest BCUT2D eigenvalue weighted by atomic mass is 16.5. The number of nitrogens with zero attached hydrogens (tertiary/aromatic N) is 2. The van der Waals surface area contributed by atoms with Crippen LogP contribution in [-0.2, 0) is 16.0 Å². The van der Waals surface area contributed by atoms with E-state index in [0.717, 1.165) is 12.8 Å². The molecule has 6 nitrogen and oxygen atoms in total. The molecule has 0 spiro atoms. The summed E-state index contributed by atoms with van der Waals surface area (Å²) in [4.78, 5) is 41.3. The Morgan fingerprint density at radius 1 is 1.00 bits per heavy atom. The molecule has 0 N–H and O–H groups in total. The number of hydrogen-bond acceptors (Lipinski definition) is 4. The Morgan fingerprint density at radius 3 is 2.47 bits per heavy atom. The van der Waals surface area contributed by atoms with Gasteiger partial charge in [-0.3, -0.25) is 19.3 Å². The Labute approximate surface area is 175 Å². The maximum absolute atomic E-state index is 13.0. The van der Waals surface area contributed by atoms with Crippen LogP contribution in [0.2, 0.25) is 0 Å². The molecule has 6 heteroatoms. The van der Waals surface area contributed by atoms with E-state index in [1.165, 1.54) is 16.0 Å². The van der Waals surface area contributed by atoms with Crippen molar-refractivity contribution in [2.24, 2.45) is 0 Å². The van der Waals surface area contributed by atoms with Gasteiger partial charge in [0.2, 0.25) is 5.91 Å². The minimum Gasteiger partial charge on any atom is -0.373 e. The molecule has 5 rings (SSSR count). The number of carbonyl (C=O) groups excluding carboxylic acids is 3. The second-order valence-electron chi connectivity index (χ2n) is 8.24. The molecule has 0 bridgehead atoms. The summed E-state index contributed by atoms with van der Waals surface area (Å²) in [6.45, 7) is 1.54. The highest BCUT2D eigenvalue weighted by molar-refractivity contribution is 6.21. The van der Waals surface area contributed by atoms with Crippen molar-refractivity contribution in [2.75, 3.05) is 26.2 Å². The number of aryl methyl sites for hydroxylation is 1. The third-order valence-electron chi connectivity index (χ3n) is 6.43. The van der Waals surface area contributed by atoms with Crippen LogP contribution < -0.4 is 0 Å². The van der Waals surface area contributed by atoms with Gasteiger partial charge in [0.1, 0.15) is 0 Å². The molecule has 2 heterocycles. The minimum atomic E-state index is -0.360. The average Bonchev–Trinajstić information content (AvgIpc) is 3.29. The smallest absolute Gasteiger partial charge is 0.261 e. The van der Waals surface area contributed by atoms with Gasteiger partial charge in [-0.25, -0.2) is 0 Å². The zero-order chi connectivity index (χ0) is 20.7. The summed E-state index contributed by atoms with van der Waals surface area (Å²) >= 11 is 0. The number of carbonyl (C=O) groups is 3. The first kappa shape index (κ1) is 19.0. The van der Waals surface area contributed by atoms with Crippen LogP contribution in [0.3, 0.4) is 0 Å². The number of ether oxygens (including phenoxy) is 1. The molecule has 1 saturated heterocycles. The molecule has 0 saturated carbocycles. The normalized spacial score (nSPS) is 22.9. The molecule has 2 unspecified atom stereocenters. The van der Waals surface area contributed by atoms with Gasteiger partial charge in [0.15, 0.2) is 0 Å². The summed E-state index contributed by atoms with van der Waals surface area (Å²) in [6, 6.07) is 15.2. The standard InChI is InChI=1S/C24H24N2O4/c27-22(13-17-10-9-16-5-1-2-6-19(16)17)25-11-12-30-18(14-25)15-26-23(28)20-7-3-4-8-21(20)24(26)29/h1-8,17-18H,9-15H2. The van der Waals surface area contributed by atoms with Crippen LogP contribution in [0.25, 0.3) is 0 Å². The second kappa shape index (κ2) is 7.69. The molecule has 30 heavy (non-hydrogen) atoms. The Morgan fingerprint density at radius 2 is 1.70 bits per heavy atom. The van der Waals surface area contributed by atoms with Crippen LogP contribution >= 0.6 is 0 Å². The lowest BCUT2D eigenvalue weighted by Gasteiger charge is -2.35. The van der Waals surface area contributed by atoms with Crippen molar-refractivity contribution in [3.63, 3.8) is 0 Å². The van der Waals surface area contributed by atoms with Crippen LogP contribution in [0, 0.1) is 0 Å². The van der Waals surface area contributed by atoms with E-state index in [9.17, 15) is 14.4 Å². The van der Waals surface area contributed by atoms with Crippen LogP contribution in [0.15, 0.2) is 48.5 Å². The predicted molar refractivity (Wildman–Crippen MR) is 110 cm³/mol. The van der Waals surface area contributed by atoms with Gasteiger partial charge in [-0.05, 0) is 42.0 Å². The van der Waals surface area contributed by atoms with E-state index >= 15 is 0 Å². The van der Waals surface area contributed by atoms with E-state index in [1.54, 1.807) is 24.3 Å². The zero-order valence-corrected chi connectivity index (χ0v) is 16.8. The molecular weight excluding hydrogens is 380 g/mol. The van der Waals surface area contributed by atoms with Crippen molar-refractivity contribution in [3.05, 3.63) is 70.8 Å². The summed E-state index contributed by atoms with van der Waals surface area (Å²) in [7, 11) is 0. The monoisotopic (exact) mass is 404 g/mol. The quantitative estimate of drug-likeness (QED) is 0.735. The molecule has 1 fully saturated rings. The first-order valence-electron chi connectivity index (χ1n) is 10.5. The summed E-state index contributed by atoms with van der Waals surface area (Å²) in [6.07, 6.45) is 2.17. The molecular formula is C24H24N2O4. The first-order chi connectivity index (χ1) is 14.6. The fraction of sp³-hybridized carbons (Fsp3) is 0.375. The molecule has 1 aliphatic carbocycles. The third-order valence-corrected chi connectivity index (χ3v) is 6.43. The summed E-state index contributed by atoms with van der Waals surface area (Å²) in [5.41, 5.74) is 3.51. The number of morpholine rings is 1. The van der Waals surface area contributed by atoms with Crippen molar-refractivity contribution < 1.29 is 19.1 Å². The van der Waals surface area contributed by atoms with Crippen LogP contribution in [0.4, 0.5) is 0 Å². The number of amides is 3. The second-order valence-corrected chi connectivity index (χ2v) is 8.24. The predicted octanol–water partition coefficient (Wildman–Crippen LogP) is 2.63. The Kier molecular flexibility index (Phi) is 4.87. The van der Waals surface area contributed by atoms with Crippen molar-refractivity contribution in [1.29, 1.82) is 0 Å². The molecule has 2 aliphatic heterocycles. The Hall–Kier alpha value is -2.99. The lowest BCUT2D eigenvalue weighted by atomic mass is 9.97. The SMILES string of the molecule is O=C(CC1CCc2ccccc21)N1CCOC(CN2C(=O)c3ccccc3C2=O)C1. The number of rotatable bonds is 4. The van der Waals surface area contributed by atoms with E-state index in [1.807, 2.05) is 11.0 Å². The fourth-order valence-corrected chi connectivity index (χ4v) is 4.86. The maximum atomic E-state index is 13.0. The van der Waals surface area contributed by atoms with Gasteiger partial charge in [-0.1, -0.05) is 36.4 Å². The largest absolute Gasteiger partial charge is 0.373 e. The lowest BCUT2D eigenvalue weighted by molar-refractivity contribution is -0.139. The number of hydrogen-bond donors (Lipinski definition) is 0. The van der Waals surface area contributed by atoms with Crippen molar-refractivity contribution in [3.8, 4) is 0 Å². The van der Waals surface area contributed by atoms with Crippen LogP contribution in [0.5, 0.6) is 0 Å². The summed E-state index contributed by atoms with van der Waals surface area (Å²) in [5.74, 6) is -0.186. The number of benzene rings is 2. The van der Waals surface area contributed by atoms with Crippen LogP contribution in [-0.4, -0.2) is 59.9 Å². The maximum Gasteiger partial charge on any atom is 0.261 e. The minimum absolute atomic E-state index is 0.118. The van der Waals surface area contributed by atoms with Crippen molar-refractivity contribution in [1.82, 2.24) is 9.80 Å². The van der Waals surface area contributed by atoms with Gasteiger partial charge in [-0.2, -0.15) is 0 Å². The molecule has 3 aliphatic rings. The van der Waals surface area contributed by atoms with Crippen molar-refractivity contribution >= 4 is 17.7 Å². The van der Waals surface area contributed by atoms with E-state index in [4.69, 9.17) is 4.74 Å². The highest BCUT2D eigenvalue weighted by Crippen LogP contribution is 2.35. The molecule has 154 valence electrons. The van der Waals surface area contributed by atoms with E-state index in [0.29, 0.717) is 37.2 Å². The fourth-order valence-electron chi connectivity index (χ4n) is 4.86. The van der Waals surface area contributed by atoms with E-state index < -0.39 is 0 Å². The van der Waals surface area contributed by atoms with Gasteiger partial charge in [0.25, 0.3) is 11.8 Å². The summed E-state index contributed by atoms with van der Waals surface area (Å²) < 4.78 is 5.80. The zero-order valence-electron chi connectivity index (χ0n) is 16.8. The van der Waals surface area contributed by atoms with Crippen molar-refractivity contribution in [2.45, 2.75) is 31.3 Å². The third kappa shape index (κ3) is 3.31. The van der Waals surface area contributed by atoms with Gasteiger partial charge >= 0.3 is 0 Å². The molecule has 0 radical (unpaired) electrons. The van der Waals surface area contributed by atoms with Gasteiger partial charge in [-0.15, -0.1) is 0 Å². The molecule has 0 aromatic heterocycles. The summed E-state index contributed by atoms with van der Waals surface area (Å²) in [5, 5.41) is 0. The first-order valence-corrected chi connectivity index (χ1v) is 10.5. The highest BCUT2D eigenvalue weighted by Gasteiger charge is 2.38. The lowest BCUT2D eigenvalue weighted by Crippen LogP contribution is -2.50. The molecule has 3 amide bonds. The molecule has 2 aromatic rings. The Bertz CT molecular complexity index is 983. The molecule has 2 atom stereocenters. The Balaban J connectivity index is 1.22. The number of imide groups is 1. The van der Waals surface area contributed by atoms with Gasteiger partial charge < -0.3 is 9.64 Å². The average molecular weight is 404 g/mol. The number of fused-ring (bicyclic) bond motifs is 2. The van der Waals surface area contributed by atoms with Gasteiger partial charge in [0, 0.05) is 19.5 Å². The van der Waals surface area contributed by atoms with E-state index in [2.05, 4.69) is 18.2 Å². The topological polar surface area (TPSA) is 66.9 Å².